The van der Waals surface area contributed by atoms with Crippen molar-refractivity contribution >= 4 is 49.5 Å². The zero-order valence-electron chi connectivity index (χ0n) is 13.7. The lowest BCUT2D eigenvalue weighted by Crippen LogP contribution is -2.06. The Morgan fingerprint density at radius 2 is 2.19 bits per heavy atom. The number of aromatic nitrogens is 1. The summed E-state index contributed by atoms with van der Waals surface area (Å²) >= 11 is 4.80. The van der Waals surface area contributed by atoms with Gasteiger partial charge in [-0.25, -0.2) is 9.78 Å². The smallest absolute Gasteiger partial charge is 0.336 e. The number of hydrogen-bond acceptors (Lipinski definition) is 6. The first-order valence-corrected chi connectivity index (χ1v) is 9.33. The van der Waals surface area contributed by atoms with Crippen LogP contribution in [0.25, 0.3) is 16.3 Å². The van der Waals surface area contributed by atoms with Crippen molar-refractivity contribution in [3.63, 3.8) is 0 Å². The van der Waals surface area contributed by atoms with Gasteiger partial charge in [0.15, 0.2) is 11.5 Å². The highest BCUT2D eigenvalue weighted by atomic mass is 79.9. The van der Waals surface area contributed by atoms with Gasteiger partial charge >= 0.3 is 5.97 Å². The molecule has 0 N–H and O–H groups in total. The Hall–Kier alpha value is -2.69. The molecule has 3 rings (SSSR count). The molecule has 5 nitrogen and oxygen atoms in total. The van der Waals surface area contributed by atoms with Gasteiger partial charge in [-0.05, 0) is 47.1 Å². The van der Waals surface area contributed by atoms with E-state index in [9.17, 15) is 4.79 Å². The highest BCUT2D eigenvalue weighted by molar-refractivity contribution is 9.10. The second-order valence-electron chi connectivity index (χ2n) is 5.10. The number of rotatable bonds is 5. The second-order valence-corrected chi connectivity index (χ2v) is 7.02. The van der Waals surface area contributed by atoms with Gasteiger partial charge in [-0.3, -0.25) is 0 Å². The lowest BCUT2D eigenvalue weighted by molar-refractivity contribution is -0.129. The third-order valence-electron chi connectivity index (χ3n) is 3.31. The summed E-state index contributed by atoms with van der Waals surface area (Å²) in [5, 5.41) is 9.76. The number of carbonyl (C=O) groups excluding carboxylic acids is 1. The Balaban J connectivity index is 1.80. The molecule has 0 bridgehead atoms. The standard InChI is InChI=1S/C19H13BrN2O3S/c1-2-24-15-10-12(11-21)9-13(20)19(15)25-18(23)8-7-17-22-14-5-3-4-6-16(14)26-17/h3-10H,2H2,1H3/b8-7+. The first-order valence-electron chi connectivity index (χ1n) is 7.72. The van der Waals surface area contributed by atoms with Gasteiger partial charge < -0.3 is 9.47 Å². The largest absolute Gasteiger partial charge is 0.490 e. The second kappa shape index (κ2) is 8.13. The molecule has 0 fully saturated rings. The van der Waals surface area contributed by atoms with Crippen molar-refractivity contribution in [1.29, 1.82) is 5.26 Å². The third kappa shape index (κ3) is 4.10. The summed E-state index contributed by atoms with van der Waals surface area (Å²) in [6, 6.07) is 12.9. The van der Waals surface area contributed by atoms with Gasteiger partial charge in [0.2, 0.25) is 0 Å². The van der Waals surface area contributed by atoms with E-state index in [-0.39, 0.29) is 5.75 Å². The monoisotopic (exact) mass is 428 g/mol. The summed E-state index contributed by atoms with van der Waals surface area (Å²) in [4.78, 5) is 16.6. The Morgan fingerprint density at radius 3 is 2.92 bits per heavy atom. The predicted octanol–water partition coefficient (Wildman–Crippen LogP) is 4.95. The van der Waals surface area contributed by atoms with Crippen LogP contribution < -0.4 is 9.47 Å². The molecule has 7 heteroatoms. The lowest BCUT2D eigenvalue weighted by atomic mass is 10.2. The Kier molecular flexibility index (Phi) is 5.66. The van der Waals surface area contributed by atoms with Gasteiger partial charge in [-0.15, -0.1) is 11.3 Å². The molecule has 0 amide bonds. The number of ether oxygens (including phenoxy) is 2. The molecule has 0 spiro atoms. The first kappa shape index (κ1) is 18.1. The van der Waals surface area contributed by atoms with Gasteiger partial charge in [0.25, 0.3) is 0 Å². The minimum absolute atomic E-state index is 0.241. The van der Waals surface area contributed by atoms with Crippen LogP contribution in [-0.4, -0.2) is 17.6 Å². The highest BCUT2D eigenvalue weighted by Crippen LogP contribution is 2.37. The maximum Gasteiger partial charge on any atom is 0.336 e. The molecule has 130 valence electrons. The van der Waals surface area contributed by atoms with E-state index in [1.807, 2.05) is 37.3 Å². The van der Waals surface area contributed by atoms with E-state index >= 15 is 0 Å². The van der Waals surface area contributed by atoms with Crippen LogP contribution in [0.5, 0.6) is 11.5 Å². The lowest BCUT2D eigenvalue weighted by Gasteiger charge is -2.11. The number of nitrogens with zero attached hydrogens (tertiary/aromatic N) is 2. The number of hydrogen-bond donors (Lipinski definition) is 0. The molecule has 2 aromatic carbocycles. The summed E-state index contributed by atoms with van der Waals surface area (Å²) in [6.45, 7) is 2.19. The summed E-state index contributed by atoms with van der Waals surface area (Å²) in [6.07, 6.45) is 2.93. The molecule has 1 aromatic heterocycles. The van der Waals surface area contributed by atoms with E-state index in [0.717, 1.165) is 10.2 Å². The molecule has 0 unspecified atom stereocenters. The number of esters is 1. The van der Waals surface area contributed by atoms with Crippen LogP contribution in [0.2, 0.25) is 0 Å². The van der Waals surface area contributed by atoms with Crippen LogP contribution in [0.15, 0.2) is 46.9 Å². The quantitative estimate of drug-likeness (QED) is 0.326. The molecule has 1 heterocycles. The van der Waals surface area contributed by atoms with E-state index in [0.29, 0.717) is 27.4 Å². The van der Waals surface area contributed by atoms with Crippen molar-refractivity contribution in [2.75, 3.05) is 6.61 Å². The van der Waals surface area contributed by atoms with Crippen molar-refractivity contribution in [3.8, 4) is 17.6 Å². The van der Waals surface area contributed by atoms with Gasteiger partial charge in [-0.1, -0.05) is 12.1 Å². The first-order chi connectivity index (χ1) is 12.6. The highest BCUT2D eigenvalue weighted by Gasteiger charge is 2.15. The number of para-hydroxylation sites is 1. The number of halogens is 1. The van der Waals surface area contributed by atoms with Gasteiger partial charge in [0.1, 0.15) is 5.01 Å². The van der Waals surface area contributed by atoms with Gasteiger partial charge in [-0.2, -0.15) is 5.26 Å². The zero-order valence-corrected chi connectivity index (χ0v) is 16.1. The average molecular weight is 429 g/mol. The summed E-state index contributed by atoms with van der Waals surface area (Å²) < 4.78 is 12.4. The van der Waals surface area contributed by atoms with Crippen LogP contribution in [0.3, 0.4) is 0 Å². The summed E-state index contributed by atoms with van der Waals surface area (Å²) in [7, 11) is 0. The van der Waals surface area contributed by atoms with E-state index in [1.54, 1.807) is 12.1 Å². The van der Waals surface area contributed by atoms with Crippen molar-refractivity contribution in [2.45, 2.75) is 6.92 Å². The molecule has 0 aliphatic carbocycles. The predicted molar refractivity (Wildman–Crippen MR) is 104 cm³/mol. The zero-order chi connectivity index (χ0) is 18.5. The Bertz CT molecular complexity index is 1000. The number of carbonyl (C=O) groups is 1. The molecule has 26 heavy (non-hydrogen) atoms. The van der Waals surface area contributed by atoms with Crippen molar-refractivity contribution in [2.24, 2.45) is 0 Å². The van der Waals surface area contributed by atoms with Crippen molar-refractivity contribution in [3.05, 3.63) is 57.5 Å². The molecule has 0 aliphatic heterocycles. The number of benzene rings is 2. The van der Waals surface area contributed by atoms with Gasteiger partial charge in [0.05, 0.1) is 32.9 Å². The van der Waals surface area contributed by atoms with E-state index < -0.39 is 5.97 Å². The van der Waals surface area contributed by atoms with Crippen molar-refractivity contribution in [1.82, 2.24) is 4.98 Å². The van der Waals surface area contributed by atoms with Crippen LogP contribution in [0, 0.1) is 11.3 Å². The minimum Gasteiger partial charge on any atom is -0.490 e. The van der Waals surface area contributed by atoms with Crippen LogP contribution in [0.4, 0.5) is 0 Å². The fourth-order valence-electron chi connectivity index (χ4n) is 2.23. The average Bonchev–Trinajstić information content (AvgIpc) is 3.05. The topological polar surface area (TPSA) is 72.2 Å². The fraction of sp³-hybridized carbons (Fsp3) is 0.105. The van der Waals surface area contributed by atoms with E-state index in [2.05, 4.69) is 20.9 Å². The third-order valence-corrected chi connectivity index (χ3v) is 4.90. The van der Waals surface area contributed by atoms with Crippen LogP contribution in [0.1, 0.15) is 17.5 Å². The van der Waals surface area contributed by atoms with Crippen LogP contribution in [-0.2, 0) is 4.79 Å². The van der Waals surface area contributed by atoms with E-state index in [1.165, 1.54) is 23.5 Å². The molecule has 0 atom stereocenters. The molecule has 0 saturated carbocycles. The molecular formula is C19H13BrN2O3S. The fourth-order valence-corrected chi connectivity index (χ4v) is 3.62. The molecular weight excluding hydrogens is 416 g/mol. The molecule has 0 aliphatic rings. The minimum atomic E-state index is -0.560. The number of nitriles is 1. The number of fused-ring (bicyclic) bond motifs is 1. The van der Waals surface area contributed by atoms with Gasteiger partial charge in [0, 0.05) is 12.1 Å². The molecule has 0 radical (unpaired) electrons. The molecule has 0 saturated heterocycles. The van der Waals surface area contributed by atoms with E-state index in [4.69, 9.17) is 14.7 Å². The summed E-state index contributed by atoms with van der Waals surface area (Å²) in [5.74, 6) is 0.0144. The SMILES string of the molecule is CCOc1cc(C#N)cc(Br)c1OC(=O)/C=C/c1nc2ccccc2s1. The Morgan fingerprint density at radius 1 is 1.38 bits per heavy atom. The van der Waals surface area contributed by atoms with Crippen molar-refractivity contribution < 1.29 is 14.3 Å². The van der Waals surface area contributed by atoms with Crippen LogP contribution >= 0.6 is 27.3 Å². The number of thiazole rings is 1. The Labute approximate surface area is 162 Å². The summed E-state index contributed by atoms with van der Waals surface area (Å²) in [5.41, 5.74) is 1.30. The normalized spacial score (nSPS) is 10.8. The maximum absolute atomic E-state index is 12.2. The molecule has 3 aromatic rings. The maximum atomic E-state index is 12.2.